The number of nitrogens with two attached hydrogens (primary N) is 1. The van der Waals surface area contributed by atoms with Gasteiger partial charge < -0.3 is 5.73 Å². The highest BCUT2D eigenvalue weighted by atomic mass is 32.2. The summed E-state index contributed by atoms with van der Waals surface area (Å²) in [6.45, 7) is 3.75. The van der Waals surface area contributed by atoms with Gasteiger partial charge in [-0.2, -0.15) is 16.1 Å². The molecular weight excluding hydrogens is 287 g/mol. The van der Waals surface area contributed by atoms with E-state index in [2.05, 4.69) is 0 Å². The highest BCUT2D eigenvalue weighted by Gasteiger charge is 2.33. The fourth-order valence-electron chi connectivity index (χ4n) is 2.15. The van der Waals surface area contributed by atoms with E-state index < -0.39 is 15.8 Å². The predicted molar refractivity (Wildman–Crippen MR) is 76.2 cm³/mol. The van der Waals surface area contributed by atoms with Crippen LogP contribution in [-0.4, -0.2) is 36.8 Å². The van der Waals surface area contributed by atoms with E-state index in [9.17, 15) is 12.8 Å². The van der Waals surface area contributed by atoms with E-state index in [4.69, 9.17) is 5.73 Å². The maximum Gasteiger partial charge on any atom is 0.246 e. The van der Waals surface area contributed by atoms with E-state index in [1.54, 1.807) is 11.8 Å². The number of thioether (sulfide) groups is 1. The van der Waals surface area contributed by atoms with Crippen LogP contribution in [0.3, 0.4) is 0 Å². The topological polar surface area (TPSA) is 63.4 Å². The molecule has 1 fully saturated rings. The molecule has 1 saturated heterocycles. The minimum Gasteiger partial charge on any atom is -0.399 e. The van der Waals surface area contributed by atoms with Crippen LogP contribution in [0.2, 0.25) is 0 Å². The van der Waals surface area contributed by atoms with Crippen LogP contribution >= 0.6 is 11.8 Å². The number of nitrogens with zero attached hydrogens (tertiary/aromatic N) is 1. The average Bonchev–Trinajstić information content (AvgIpc) is 2.34. The minimum absolute atomic E-state index is 0.134. The number of hydrogen-bond acceptors (Lipinski definition) is 4. The fourth-order valence-corrected chi connectivity index (χ4v) is 5.18. The first kappa shape index (κ1) is 14.6. The second-order valence-corrected chi connectivity index (χ2v) is 7.70. The second kappa shape index (κ2) is 5.30. The van der Waals surface area contributed by atoms with Gasteiger partial charge in [0.15, 0.2) is 0 Å². The Bertz CT molecular complexity index is 590. The molecule has 1 aromatic rings. The Hall–Kier alpha value is -0.790. The number of nitrogen functional groups attached to an aromatic ring is 1. The SMILES string of the molecule is Cc1cc(N)cc(S(=O)(=O)N2CCSCC2C)c1F. The molecule has 2 N–H and O–H groups in total. The van der Waals surface area contributed by atoms with Gasteiger partial charge in [0.2, 0.25) is 10.0 Å². The van der Waals surface area contributed by atoms with Crippen LogP contribution < -0.4 is 5.73 Å². The van der Waals surface area contributed by atoms with Crippen molar-refractivity contribution in [3.8, 4) is 0 Å². The summed E-state index contributed by atoms with van der Waals surface area (Å²) in [6.07, 6.45) is 0. The number of rotatable bonds is 2. The first-order valence-corrected chi connectivity index (χ1v) is 8.58. The van der Waals surface area contributed by atoms with Gasteiger partial charge in [0, 0.05) is 29.8 Å². The molecule has 0 aliphatic carbocycles. The van der Waals surface area contributed by atoms with E-state index in [0.29, 0.717) is 6.54 Å². The lowest BCUT2D eigenvalue weighted by Crippen LogP contribution is -2.44. The van der Waals surface area contributed by atoms with E-state index in [1.807, 2.05) is 6.92 Å². The van der Waals surface area contributed by atoms with Gasteiger partial charge in [0.25, 0.3) is 0 Å². The average molecular weight is 304 g/mol. The molecule has 19 heavy (non-hydrogen) atoms. The summed E-state index contributed by atoms with van der Waals surface area (Å²) in [5.74, 6) is 0.744. The van der Waals surface area contributed by atoms with Crippen molar-refractivity contribution in [1.82, 2.24) is 4.31 Å². The highest BCUT2D eigenvalue weighted by Crippen LogP contribution is 2.28. The van der Waals surface area contributed by atoms with E-state index in [0.717, 1.165) is 11.5 Å². The van der Waals surface area contributed by atoms with Gasteiger partial charge in [-0.15, -0.1) is 0 Å². The van der Waals surface area contributed by atoms with E-state index >= 15 is 0 Å². The number of halogens is 1. The lowest BCUT2D eigenvalue weighted by Gasteiger charge is -2.32. The first-order valence-electron chi connectivity index (χ1n) is 5.99. The Labute approximate surface area is 117 Å². The van der Waals surface area contributed by atoms with Gasteiger partial charge in [-0.25, -0.2) is 12.8 Å². The molecule has 1 aromatic carbocycles. The Kier molecular flexibility index (Phi) is 4.08. The number of benzene rings is 1. The van der Waals surface area contributed by atoms with Crippen LogP contribution in [0.25, 0.3) is 0 Å². The third-order valence-electron chi connectivity index (χ3n) is 3.14. The van der Waals surface area contributed by atoms with Crippen LogP contribution in [0.4, 0.5) is 10.1 Å². The van der Waals surface area contributed by atoms with Crippen molar-refractivity contribution in [3.63, 3.8) is 0 Å². The molecule has 4 nitrogen and oxygen atoms in total. The normalized spacial score (nSPS) is 21.5. The number of hydrogen-bond donors (Lipinski definition) is 1. The van der Waals surface area contributed by atoms with Gasteiger partial charge in [0.1, 0.15) is 10.7 Å². The largest absolute Gasteiger partial charge is 0.399 e. The molecule has 106 valence electrons. The Morgan fingerprint density at radius 1 is 1.47 bits per heavy atom. The van der Waals surface area contributed by atoms with Crippen molar-refractivity contribution >= 4 is 27.5 Å². The van der Waals surface area contributed by atoms with Crippen molar-refractivity contribution in [3.05, 3.63) is 23.5 Å². The van der Waals surface area contributed by atoms with Gasteiger partial charge >= 0.3 is 0 Å². The molecule has 1 unspecified atom stereocenters. The van der Waals surface area contributed by atoms with E-state index in [1.165, 1.54) is 23.4 Å². The molecule has 0 spiro atoms. The summed E-state index contributed by atoms with van der Waals surface area (Å²) in [6, 6.07) is 2.50. The number of aryl methyl sites for hydroxylation is 1. The zero-order valence-electron chi connectivity index (χ0n) is 10.9. The summed E-state index contributed by atoms with van der Waals surface area (Å²) < 4.78 is 40.5. The van der Waals surface area contributed by atoms with Crippen LogP contribution in [0, 0.1) is 12.7 Å². The van der Waals surface area contributed by atoms with Gasteiger partial charge in [-0.3, -0.25) is 0 Å². The van der Waals surface area contributed by atoms with Crippen LogP contribution in [0.1, 0.15) is 12.5 Å². The fraction of sp³-hybridized carbons (Fsp3) is 0.500. The molecule has 0 bridgehead atoms. The molecule has 1 aliphatic rings. The summed E-state index contributed by atoms with van der Waals surface area (Å²) in [7, 11) is -3.82. The maximum absolute atomic E-state index is 14.1. The molecule has 0 aromatic heterocycles. The number of anilines is 1. The summed E-state index contributed by atoms with van der Waals surface area (Å²) in [5, 5.41) is 0. The van der Waals surface area contributed by atoms with Crippen LogP contribution in [0.15, 0.2) is 17.0 Å². The van der Waals surface area contributed by atoms with Crippen molar-refractivity contribution in [2.75, 3.05) is 23.8 Å². The molecule has 0 amide bonds. The molecule has 1 atom stereocenters. The standard InChI is InChI=1S/C12H17FN2O2S2/c1-8-5-10(14)6-11(12(8)13)19(16,17)15-3-4-18-7-9(15)2/h5-6,9H,3-4,7,14H2,1-2H3. The third-order valence-corrected chi connectivity index (χ3v) is 6.34. The quantitative estimate of drug-likeness (QED) is 0.847. The Morgan fingerprint density at radius 3 is 2.79 bits per heavy atom. The molecule has 2 rings (SSSR count). The Balaban J connectivity index is 2.50. The molecule has 1 heterocycles. The Morgan fingerprint density at radius 2 is 2.16 bits per heavy atom. The summed E-state index contributed by atoms with van der Waals surface area (Å²) >= 11 is 1.70. The summed E-state index contributed by atoms with van der Waals surface area (Å²) in [4.78, 5) is -0.316. The molecule has 7 heteroatoms. The third kappa shape index (κ3) is 2.73. The van der Waals surface area contributed by atoms with Crippen molar-refractivity contribution in [1.29, 1.82) is 0 Å². The molecule has 0 radical (unpaired) electrons. The van der Waals surface area contributed by atoms with Crippen LogP contribution in [-0.2, 0) is 10.0 Å². The molecule has 1 aliphatic heterocycles. The van der Waals surface area contributed by atoms with E-state index in [-0.39, 0.29) is 22.2 Å². The van der Waals surface area contributed by atoms with Crippen molar-refractivity contribution in [2.45, 2.75) is 24.8 Å². The lowest BCUT2D eigenvalue weighted by atomic mass is 10.2. The predicted octanol–water partition coefficient (Wildman–Crippen LogP) is 1.84. The molecule has 0 saturated carbocycles. The minimum atomic E-state index is -3.82. The highest BCUT2D eigenvalue weighted by molar-refractivity contribution is 7.99. The first-order chi connectivity index (χ1) is 8.84. The molecular formula is C12H17FN2O2S2. The zero-order chi connectivity index (χ0) is 14.2. The van der Waals surface area contributed by atoms with Gasteiger partial charge in [0.05, 0.1) is 0 Å². The smallest absolute Gasteiger partial charge is 0.246 e. The van der Waals surface area contributed by atoms with Gasteiger partial charge in [-0.05, 0) is 31.5 Å². The zero-order valence-corrected chi connectivity index (χ0v) is 12.5. The lowest BCUT2D eigenvalue weighted by molar-refractivity contribution is 0.365. The van der Waals surface area contributed by atoms with Gasteiger partial charge in [-0.1, -0.05) is 0 Å². The van der Waals surface area contributed by atoms with Crippen LogP contribution in [0.5, 0.6) is 0 Å². The second-order valence-electron chi connectivity index (χ2n) is 4.69. The van der Waals surface area contributed by atoms with Crippen molar-refractivity contribution in [2.24, 2.45) is 0 Å². The monoisotopic (exact) mass is 304 g/mol. The summed E-state index contributed by atoms with van der Waals surface area (Å²) in [5.41, 5.74) is 6.14. The number of sulfonamides is 1. The van der Waals surface area contributed by atoms with Crippen molar-refractivity contribution < 1.29 is 12.8 Å². The maximum atomic E-state index is 14.1.